The van der Waals surface area contributed by atoms with Gasteiger partial charge in [-0.3, -0.25) is 0 Å². The summed E-state index contributed by atoms with van der Waals surface area (Å²) >= 11 is 0. The molecule has 148 valence electrons. The molecule has 0 unspecified atom stereocenters. The molecular formula is C24H26N4O. The molecular weight excluding hydrogens is 360 g/mol. The van der Waals surface area contributed by atoms with Crippen molar-refractivity contribution in [1.29, 1.82) is 0 Å². The van der Waals surface area contributed by atoms with Crippen LogP contribution in [0.4, 0.5) is 5.82 Å². The fourth-order valence-corrected chi connectivity index (χ4v) is 3.39. The van der Waals surface area contributed by atoms with E-state index in [1.165, 1.54) is 0 Å². The quantitative estimate of drug-likeness (QED) is 0.389. The Kier molecular flexibility index (Phi) is 5.75. The summed E-state index contributed by atoms with van der Waals surface area (Å²) in [5.41, 5.74) is 3.09. The van der Waals surface area contributed by atoms with Gasteiger partial charge in [0, 0.05) is 18.3 Å². The number of rotatable bonds is 8. The van der Waals surface area contributed by atoms with Gasteiger partial charge in [0.2, 0.25) is 0 Å². The lowest BCUT2D eigenvalue weighted by molar-refractivity contribution is 0.474. The first-order valence-electron chi connectivity index (χ1n) is 10.1. The molecule has 2 aromatic heterocycles. The summed E-state index contributed by atoms with van der Waals surface area (Å²) in [7, 11) is 0. The molecule has 0 aliphatic carbocycles. The van der Waals surface area contributed by atoms with Gasteiger partial charge in [0.25, 0.3) is 0 Å². The second-order valence-electron chi connectivity index (χ2n) is 7.10. The first kappa shape index (κ1) is 19.0. The summed E-state index contributed by atoms with van der Waals surface area (Å²) in [5, 5.41) is 3.49. The van der Waals surface area contributed by atoms with E-state index in [4.69, 9.17) is 4.74 Å². The van der Waals surface area contributed by atoms with E-state index in [0.717, 1.165) is 59.1 Å². The zero-order valence-corrected chi connectivity index (χ0v) is 16.9. The molecule has 4 aromatic rings. The van der Waals surface area contributed by atoms with Crippen LogP contribution in [0.5, 0.6) is 11.5 Å². The number of anilines is 1. The van der Waals surface area contributed by atoms with E-state index in [0.29, 0.717) is 6.54 Å². The lowest BCUT2D eigenvalue weighted by Crippen LogP contribution is -2.08. The van der Waals surface area contributed by atoms with E-state index < -0.39 is 0 Å². The lowest BCUT2D eigenvalue weighted by atomic mass is 10.2. The van der Waals surface area contributed by atoms with Gasteiger partial charge in [-0.1, -0.05) is 49.7 Å². The van der Waals surface area contributed by atoms with Crippen LogP contribution in [-0.4, -0.2) is 21.1 Å². The zero-order valence-electron chi connectivity index (χ0n) is 16.9. The maximum atomic E-state index is 6.14. The van der Waals surface area contributed by atoms with E-state index in [-0.39, 0.29) is 0 Å². The minimum atomic E-state index is 0.682. The number of fused-ring (bicyclic) bond motifs is 1. The maximum absolute atomic E-state index is 6.14. The SMILES string of the molecule is CCCCNc1nc(C)nc2ccn(Cc3ccccc3Oc3ccccc3)c12. The van der Waals surface area contributed by atoms with Gasteiger partial charge in [-0.25, -0.2) is 9.97 Å². The van der Waals surface area contributed by atoms with Gasteiger partial charge in [0.1, 0.15) is 22.8 Å². The highest BCUT2D eigenvalue weighted by Crippen LogP contribution is 2.28. The van der Waals surface area contributed by atoms with E-state index in [9.17, 15) is 0 Å². The first-order valence-corrected chi connectivity index (χ1v) is 10.1. The van der Waals surface area contributed by atoms with Gasteiger partial charge >= 0.3 is 0 Å². The van der Waals surface area contributed by atoms with Crippen LogP contribution in [0, 0.1) is 6.92 Å². The van der Waals surface area contributed by atoms with Crippen molar-refractivity contribution in [2.45, 2.75) is 33.2 Å². The van der Waals surface area contributed by atoms with Crippen molar-refractivity contribution in [2.75, 3.05) is 11.9 Å². The highest BCUT2D eigenvalue weighted by Gasteiger charge is 2.13. The third kappa shape index (κ3) is 4.40. The van der Waals surface area contributed by atoms with Crippen LogP contribution in [0.15, 0.2) is 66.9 Å². The van der Waals surface area contributed by atoms with Crippen molar-refractivity contribution in [2.24, 2.45) is 0 Å². The third-order valence-electron chi connectivity index (χ3n) is 4.83. The van der Waals surface area contributed by atoms with Crippen molar-refractivity contribution in [1.82, 2.24) is 14.5 Å². The summed E-state index contributed by atoms with van der Waals surface area (Å²) in [6.07, 6.45) is 4.33. The zero-order chi connectivity index (χ0) is 20.1. The summed E-state index contributed by atoms with van der Waals surface area (Å²) in [6, 6.07) is 20.1. The molecule has 0 radical (unpaired) electrons. The molecule has 2 aromatic carbocycles. The second kappa shape index (κ2) is 8.78. The number of unbranched alkanes of at least 4 members (excludes halogenated alkanes) is 1. The molecule has 0 saturated heterocycles. The van der Waals surface area contributed by atoms with Gasteiger partial charge < -0.3 is 14.6 Å². The Bertz CT molecular complexity index is 1090. The summed E-state index contributed by atoms with van der Waals surface area (Å²) < 4.78 is 8.33. The van der Waals surface area contributed by atoms with Crippen molar-refractivity contribution in [3.8, 4) is 11.5 Å². The van der Waals surface area contributed by atoms with Gasteiger partial charge in [-0.05, 0) is 37.6 Å². The molecule has 5 heteroatoms. The minimum absolute atomic E-state index is 0.682. The van der Waals surface area contributed by atoms with Crippen LogP contribution in [0.3, 0.4) is 0 Å². The van der Waals surface area contributed by atoms with Crippen molar-refractivity contribution >= 4 is 16.9 Å². The van der Waals surface area contributed by atoms with Crippen LogP contribution >= 0.6 is 0 Å². The first-order chi connectivity index (χ1) is 14.2. The Morgan fingerprint density at radius 2 is 1.76 bits per heavy atom. The molecule has 0 atom stereocenters. The molecule has 5 nitrogen and oxygen atoms in total. The predicted octanol–water partition coefficient (Wildman–Crippen LogP) is 5.79. The number of benzene rings is 2. The largest absolute Gasteiger partial charge is 0.457 e. The highest BCUT2D eigenvalue weighted by molar-refractivity contribution is 5.86. The van der Waals surface area contributed by atoms with E-state index in [2.05, 4.69) is 45.1 Å². The molecule has 0 bridgehead atoms. The number of ether oxygens (including phenoxy) is 1. The topological polar surface area (TPSA) is 52.0 Å². The van der Waals surface area contributed by atoms with Crippen LogP contribution < -0.4 is 10.1 Å². The van der Waals surface area contributed by atoms with Crippen molar-refractivity contribution < 1.29 is 4.74 Å². The smallest absolute Gasteiger partial charge is 0.154 e. The van der Waals surface area contributed by atoms with E-state index in [1.54, 1.807) is 0 Å². The molecule has 1 N–H and O–H groups in total. The van der Waals surface area contributed by atoms with Gasteiger partial charge in [0.15, 0.2) is 5.82 Å². The average Bonchev–Trinajstić information content (AvgIpc) is 3.13. The van der Waals surface area contributed by atoms with Crippen LogP contribution in [0.2, 0.25) is 0 Å². The number of nitrogens with one attached hydrogen (secondary N) is 1. The Balaban J connectivity index is 1.66. The van der Waals surface area contributed by atoms with Gasteiger partial charge in [-0.2, -0.15) is 0 Å². The number of aromatic nitrogens is 3. The lowest BCUT2D eigenvalue weighted by Gasteiger charge is -2.14. The van der Waals surface area contributed by atoms with Gasteiger partial charge in [-0.15, -0.1) is 0 Å². The number of para-hydroxylation sites is 2. The monoisotopic (exact) mass is 386 g/mol. The Hall–Kier alpha value is -3.34. The molecule has 0 fully saturated rings. The normalized spacial score (nSPS) is 11.0. The molecule has 29 heavy (non-hydrogen) atoms. The molecule has 0 spiro atoms. The molecule has 2 heterocycles. The molecule has 4 rings (SSSR count). The van der Waals surface area contributed by atoms with E-state index in [1.807, 2.05) is 55.5 Å². The number of hydrogen-bond acceptors (Lipinski definition) is 4. The van der Waals surface area contributed by atoms with Crippen molar-refractivity contribution in [3.05, 3.63) is 78.2 Å². The third-order valence-corrected chi connectivity index (χ3v) is 4.83. The predicted molar refractivity (Wildman–Crippen MR) is 118 cm³/mol. The highest BCUT2D eigenvalue weighted by atomic mass is 16.5. The standard InChI is InChI=1S/C24H26N4O/c1-3-4-15-25-24-23-21(26-18(2)27-24)14-16-28(23)17-19-10-8-9-13-22(19)29-20-11-6-5-7-12-20/h5-14,16H,3-4,15,17H2,1-2H3,(H,25,26,27). The maximum Gasteiger partial charge on any atom is 0.154 e. The second-order valence-corrected chi connectivity index (χ2v) is 7.10. The molecule has 0 amide bonds. The number of hydrogen-bond donors (Lipinski definition) is 1. The Labute approximate surface area is 171 Å². The average molecular weight is 386 g/mol. The van der Waals surface area contributed by atoms with Gasteiger partial charge in [0.05, 0.1) is 12.1 Å². The van der Waals surface area contributed by atoms with Crippen LogP contribution in [0.25, 0.3) is 11.0 Å². The Morgan fingerprint density at radius 1 is 0.966 bits per heavy atom. The summed E-state index contributed by atoms with van der Waals surface area (Å²) in [5.74, 6) is 3.36. The van der Waals surface area contributed by atoms with Crippen LogP contribution in [-0.2, 0) is 6.54 Å². The van der Waals surface area contributed by atoms with E-state index >= 15 is 0 Å². The fourth-order valence-electron chi connectivity index (χ4n) is 3.39. The molecule has 0 saturated carbocycles. The fraction of sp³-hybridized carbons (Fsp3) is 0.250. The number of aryl methyl sites for hydroxylation is 1. The summed E-state index contributed by atoms with van der Waals surface area (Å²) in [6.45, 7) is 5.71. The molecule has 0 aliphatic rings. The van der Waals surface area contributed by atoms with Crippen molar-refractivity contribution in [3.63, 3.8) is 0 Å². The van der Waals surface area contributed by atoms with Crippen LogP contribution in [0.1, 0.15) is 31.2 Å². The minimum Gasteiger partial charge on any atom is -0.457 e. The Morgan fingerprint density at radius 3 is 2.59 bits per heavy atom. The number of nitrogens with zero attached hydrogens (tertiary/aromatic N) is 3. The molecule has 0 aliphatic heterocycles. The summed E-state index contributed by atoms with van der Waals surface area (Å²) in [4.78, 5) is 9.28.